The number of carbonyl (C=O) groups excluding carboxylic acids is 3. The third kappa shape index (κ3) is 5.65. The number of nitrogens with one attached hydrogen (secondary N) is 2. The van der Waals surface area contributed by atoms with E-state index in [4.69, 9.17) is 0 Å². The van der Waals surface area contributed by atoms with Gasteiger partial charge in [0, 0.05) is 18.5 Å². The second-order valence-electron chi connectivity index (χ2n) is 8.67. The molecule has 1 atom stereocenters. The van der Waals surface area contributed by atoms with Crippen LogP contribution >= 0.6 is 11.8 Å². The average molecular weight is 530 g/mol. The highest BCUT2D eigenvalue weighted by atomic mass is 32.2. The van der Waals surface area contributed by atoms with Gasteiger partial charge in [-0.25, -0.2) is 14.3 Å². The zero-order chi connectivity index (χ0) is 26.5. The third-order valence-electron chi connectivity index (χ3n) is 6.01. The molecule has 8 nitrogen and oxygen atoms in total. The fourth-order valence-corrected chi connectivity index (χ4v) is 4.92. The number of para-hydroxylation sites is 2. The molecule has 10 heteroatoms. The van der Waals surface area contributed by atoms with Gasteiger partial charge in [-0.1, -0.05) is 66.4 Å². The third-order valence-corrected chi connectivity index (χ3v) is 6.94. The van der Waals surface area contributed by atoms with E-state index in [9.17, 15) is 18.8 Å². The Morgan fingerprint density at radius 1 is 0.947 bits per heavy atom. The molecule has 0 aromatic heterocycles. The topological polar surface area (TPSA) is 103 Å². The quantitative estimate of drug-likeness (QED) is 0.455. The molecule has 2 heterocycles. The lowest BCUT2D eigenvalue weighted by atomic mass is 10.1. The van der Waals surface area contributed by atoms with E-state index in [1.807, 2.05) is 54.6 Å². The highest BCUT2D eigenvalue weighted by Crippen LogP contribution is 2.34. The lowest BCUT2D eigenvalue weighted by Crippen LogP contribution is -2.41. The van der Waals surface area contributed by atoms with Gasteiger partial charge in [0.05, 0.1) is 17.1 Å². The van der Waals surface area contributed by atoms with Crippen molar-refractivity contribution >= 4 is 51.9 Å². The van der Waals surface area contributed by atoms with E-state index in [0.717, 1.165) is 17.3 Å². The van der Waals surface area contributed by atoms with E-state index in [1.165, 1.54) is 23.1 Å². The summed E-state index contributed by atoms with van der Waals surface area (Å²) in [5.41, 5.74) is 2.41. The van der Waals surface area contributed by atoms with Crippen LogP contribution < -0.4 is 10.6 Å². The SMILES string of the molecule is O=C(CC[C@@H]1N=C2c3ccccc3N=C(SCC(=O)Nc3ccccc3F)N2C1=O)NCc1ccccc1. The second kappa shape index (κ2) is 11.4. The molecule has 2 aliphatic heterocycles. The lowest BCUT2D eigenvalue weighted by Gasteiger charge is -2.25. The van der Waals surface area contributed by atoms with Gasteiger partial charge < -0.3 is 10.6 Å². The first-order chi connectivity index (χ1) is 18.5. The Morgan fingerprint density at radius 2 is 1.68 bits per heavy atom. The van der Waals surface area contributed by atoms with Crippen molar-refractivity contribution in [2.45, 2.75) is 25.4 Å². The molecule has 0 saturated heterocycles. The summed E-state index contributed by atoms with van der Waals surface area (Å²) in [6.07, 6.45) is 0.382. The van der Waals surface area contributed by atoms with Gasteiger partial charge >= 0.3 is 0 Å². The smallest absolute Gasteiger partial charge is 0.259 e. The number of hydrogen-bond donors (Lipinski definition) is 2. The Bertz CT molecular complexity index is 1440. The van der Waals surface area contributed by atoms with E-state index >= 15 is 0 Å². The molecular weight excluding hydrogens is 505 g/mol. The molecule has 0 fully saturated rings. The maximum atomic E-state index is 13.9. The lowest BCUT2D eigenvalue weighted by molar-refractivity contribution is -0.125. The molecule has 0 saturated carbocycles. The van der Waals surface area contributed by atoms with Crippen LogP contribution in [0.15, 0.2) is 88.8 Å². The van der Waals surface area contributed by atoms with Gasteiger partial charge in [-0.15, -0.1) is 0 Å². The summed E-state index contributed by atoms with van der Waals surface area (Å²) >= 11 is 1.07. The Kier molecular flexibility index (Phi) is 7.60. The molecule has 2 aliphatic rings. The Hall–Kier alpha value is -4.31. The van der Waals surface area contributed by atoms with Crippen molar-refractivity contribution in [2.75, 3.05) is 11.1 Å². The molecule has 0 bridgehead atoms. The van der Waals surface area contributed by atoms with Crippen LogP contribution in [0.5, 0.6) is 0 Å². The van der Waals surface area contributed by atoms with Crippen LogP contribution in [-0.4, -0.2) is 45.4 Å². The fraction of sp³-hybridized carbons (Fsp3) is 0.179. The number of thioether (sulfide) groups is 1. The number of benzene rings is 3. The van der Waals surface area contributed by atoms with E-state index in [0.29, 0.717) is 28.8 Å². The molecular formula is C28H24FN5O3S. The Labute approximate surface area is 223 Å². The number of fused-ring (bicyclic) bond motifs is 3. The molecule has 3 amide bonds. The standard InChI is InChI=1S/C28H24FN5O3S/c29-20-11-5-7-13-22(20)31-25(36)17-38-28-33-21-12-6-4-10-19(21)26-32-23(27(37)34(26)28)14-15-24(35)30-16-18-8-2-1-3-9-18/h1-13,23H,14-17H2,(H,30,35)(H,31,36)/t23-/m0/s1. The summed E-state index contributed by atoms with van der Waals surface area (Å²) in [7, 11) is 0. The zero-order valence-corrected chi connectivity index (χ0v) is 21.1. The van der Waals surface area contributed by atoms with Crippen molar-refractivity contribution in [3.8, 4) is 0 Å². The van der Waals surface area contributed by atoms with Gasteiger partial charge in [-0.05, 0) is 36.2 Å². The summed E-state index contributed by atoms with van der Waals surface area (Å²) in [6, 6.07) is 22.1. The van der Waals surface area contributed by atoms with Gasteiger partial charge in [-0.2, -0.15) is 0 Å². The molecule has 0 radical (unpaired) electrons. The summed E-state index contributed by atoms with van der Waals surface area (Å²) in [5.74, 6) is -1.06. The van der Waals surface area contributed by atoms with Crippen molar-refractivity contribution in [1.29, 1.82) is 0 Å². The molecule has 38 heavy (non-hydrogen) atoms. The molecule has 3 aromatic rings. The van der Waals surface area contributed by atoms with E-state index in [-0.39, 0.29) is 36.1 Å². The molecule has 0 aliphatic carbocycles. The summed E-state index contributed by atoms with van der Waals surface area (Å²) in [6.45, 7) is 0.411. The minimum Gasteiger partial charge on any atom is -0.352 e. The van der Waals surface area contributed by atoms with Crippen molar-refractivity contribution in [3.63, 3.8) is 0 Å². The normalized spacial score (nSPS) is 15.8. The monoisotopic (exact) mass is 529 g/mol. The van der Waals surface area contributed by atoms with Crippen LogP contribution in [0, 0.1) is 5.82 Å². The summed E-state index contributed by atoms with van der Waals surface area (Å²) in [5, 5.41) is 5.72. The van der Waals surface area contributed by atoms with Gasteiger partial charge in [0.1, 0.15) is 17.7 Å². The number of halogens is 1. The molecule has 2 N–H and O–H groups in total. The molecule has 192 valence electrons. The zero-order valence-electron chi connectivity index (χ0n) is 20.3. The van der Waals surface area contributed by atoms with Gasteiger partial charge in [0.25, 0.3) is 5.91 Å². The Morgan fingerprint density at radius 3 is 2.50 bits per heavy atom. The van der Waals surface area contributed by atoms with Crippen LogP contribution in [0.3, 0.4) is 0 Å². The Balaban J connectivity index is 1.25. The van der Waals surface area contributed by atoms with Crippen LogP contribution in [0.4, 0.5) is 15.8 Å². The second-order valence-corrected chi connectivity index (χ2v) is 9.61. The molecule has 5 rings (SSSR count). The minimum absolute atomic E-state index is 0.0825. The van der Waals surface area contributed by atoms with Crippen LogP contribution in [0.1, 0.15) is 24.0 Å². The number of amidine groups is 2. The van der Waals surface area contributed by atoms with Gasteiger partial charge in [-0.3, -0.25) is 19.4 Å². The van der Waals surface area contributed by atoms with Gasteiger partial charge in [0.2, 0.25) is 11.8 Å². The van der Waals surface area contributed by atoms with Crippen LogP contribution in [0.2, 0.25) is 0 Å². The van der Waals surface area contributed by atoms with Crippen molar-refractivity contribution in [2.24, 2.45) is 9.98 Å². The average Bonchev–Trinajstić information content (AvgIpc) is 3.27. The maximum Gasteiger partial charge on any atom is 0.259 e. The minimum atomic E-state index is -0.739. The first-order valence-electron chi connectivity index (χ1n) is 12.1. The first kappa shape index (κ1) is 25.3. The number of carbonyl (C=O) groups is 3. The van der Waals surface area contributed by atoms with E-state index < -0.39 is 17.8 Å². The van der Waals surface area contributed by atoms with Crippen molar-refractivity contribution < 1.29 is 18.8 Å². The number of rotatable bonds is 8. The highest BCUT2D eigenvalue weighted by Gasteiger charge is 2.41. The van der Waals surface area contributed by atoms with E-state index in [2.05, 4.69) is 20.6 Å². The van der Waals surface area contributed by atoms with E-state index in [1.54, 1.807) is 6.07 Å². The summed E-state index contributed by atoms with van der Waals surface area (Å²) in [4.78, 5) is 49.0. The number of aliphatic imine (C=N–C) groups is 2. The maximum absolute atomic E-state index is 13.9. The van der Waals surface area contributed by atoms with Crippen LogP contribution in [0.25, 0.3) is 0 Å². The number of amides is 3. The van der Waals surface area contributed by atoms with Crippen LogP contribution in [-0.2, 0) is 20.9 Å². The molecule has 0 spiro atoms. The number of hydrogen-bond acceptors (Lipinski definition) is 6. The molecule has 3 aromatic carbocycles. The predicted octanol–water partition coefficient (Wildman–Crippen LogP) is 4.25. The van der Waals surface area contributed by atoms with Crippen molar-refractivity contribution in [1.82, 2.24) is 10.2 Å². The number of anilines is 1. The predicted molar refractivity (Wildman–Crippen MR) is 146 cm³/mol. The fourth-order valence-electron chi connectivity index (χ4n) is 4.12. The number of nitrogens with zero attached hydrogens (tertiary/aromatic N) is 3. The largest absolute Gasteiger partial charge is 0.352 e. The highest BCUT2D eigenvalue weighted by molar-refractivity contribution is 8.14. The van der Waals surface area contributed by atoms with Crippen molar-refractivity contribution in [3.05, 3.63) is 95.8 Å². The summed E-state index contributed by atoms with van der Waals surface area (Å²) < 4.78 is 13.9. The van der Waals surface area contributed by atoms with Gasteiger partial charge in [0.15, 0.2) is 5.17 Å². The molecule has 0 unspecified atom stereocenters. The first-order valence-corrected chi connectivity index (χ1v) is 13.1.